The summed E-state index contributed by atoms with van der Waals surface area (Å²) in [6, 6.07) is 11.7. The molecule has 0 fully saturated rings. The Morgan fingerprint density at radius 2 is 1.85 bits per heavy atom. The van der Waals surface area contributed by atoms with E-state index in [1.807, 2.05) is 13.0 Å². The van der Waals surface area contributed by atoms with Crippen molar-refractivity contribution in [3.05, 3.63) is 70.8 Å². The molecule has 2 N–H and O–H groups in total. The maximum Gasteiger partial charge on any atom is 0.417 e. The van der Waals surface area contributed by atoms with Crippen LogP contribution in [0.2, 0.25) is 0 Å². The minimum absolute atomic E-state index is 0.177. The molecule has 0 heterocycles. The van der Waals surface area contributed by atoms with Gasteiger partial charge >= 0.3 is 6.18 Å². The van der Waals surface area contributed by atoms with E-state index in [9.17, 15) is 22.8 Å². The Bertz CT molecular complexity index is 832. The molecule has 0 aliphatic rings. The Morgan fingerprint density at radius 3 is 2.54 bits per heavy atom. The SMILES string of the molecule is Cc1cccc(C(=O)NCC(=O)N/N=C\c2ccccc2C(F)(F)F)c1. The standard InChI is InChI=1S/C18H16F3N3O2/c1-12-5-4-7-13(9-12)17(26)22-11-16(25)24-23-10-14-6-2-3-8-15(14)18(19,20)21/h2-10H,11H2,1H3,(H,22,26)(H,24,25)/b23-10-. The number of hydrogen-bond acceptors (Lipinski definition) is 3. The van der Waals surface area contributed by atoms with E-state index in [2.05, 4.69) is 15.8 Å². The first-order valence-corrected chi connectivity index (χ1v) is 7.60. The van der Waals surface area contributed by atoms with Gasteiger partial charge in [0.1, 0.15) is 0 Å². The molecule has 5 nitrogen and oxygen atoms in total. The molecule has 0 saturated carbocycles. The number of amides is 2. The number of carbonyl (C=O) groups excluding carboxylic acids is 2. The van der Waals surface area contributed by atoms with Gasteiger partial charge in [0.2, 0.25) is 0 Å². The molecule has 0 aromatic heterocycles. The number of alkyl halides is 3. The zero-order valence-corrected chi connectivity index (χ0v) is 13.8. The first-order valence-electron chi connectivity index (χ1n) is 7.60. The minimum atomic E-state index is -4.52. The average Bonchev–Trinajstić information content (AvgIpc) is 2.59. The summed E-state index contributed by atoms with van der Waals surface area (Å²) in [6.45, 7) is 1.47. The maximum atomic E-state index is 12.8. The van der Waals surface area contributed by atoms with Crippen LogP contribution in [-0.2, 0) is 11.0 Å². The number of hydrazone groups is 1. The third kappa shape index (κ3) is 5.44. The zero-order chi connectivity index (χ0) is 19.2. The molecule has 2 aromatic carbocycles. The monoisotopic (exact) mass is 363 g/mol. The molecular weight excluding hydrogens is 347 g/mol. The van der Waals surface area contributed by atoms with Crippen LogP contribution in [0, 0.1) is 6.92 Å². The molecule has 2 amide bonds. The lowest BCUT2D eigenvalue weighted by atomic mass is 10.1. The highest BCUT2D eigenvalue weighted by molar-refractivity contribution is 5.96. The number of nitrogens with one attached hydrogen (secondary N) is 2. The predicted octanol–water partition coefficient (Wildman–Crippen LogP) is 2.89. The Morgan fingerprint density at radius 1 is 1.12 bits per heavy atom. The lowest BCUT2D eigenvalue weighted by Crippen LogP contribution is -2.34. The predicted molar refractivity (Wildman–Crippen MR) is 90.7 cm³/mol. The number of rotatable bonds is 5. The van der Waals surface area contributed by atoms with E-state index in [4.69, 9.17) is 0 Å². The third-order valence-electron chi connectivity index (χ3n) is 3.35. The van der Waals surface area contributed by atoms with Gasteiger partial charge in [-0.1, -0.05) is 35.9 Å². The van der Waals surface area contributed by atoms with Crippen LogP contribution >= 0.6 is 0 Å². The lowest BCUT2D eigenvalue weighted by molar-refractivity contribution is -0.137. The third-order valence-corrected chi connectivity index (χ3v) is 3.35. The average molecular weight is 363 g/mol. The van der Waals surface area contributed by atoms with Gasteiger partial charge in [0.15, 0.2) is 0 Å². The van der Waals surface area contributed by atoms with Gasteiger partial charge in [-0.2, -0.15) is 18.3 Å². The molecule has 0 aliphatic carbocycles. The fourth-order valence-electron chi connectivity index (χ4n) is 2.13. The summed E-state index contributed by atoms with van der Waals surface area (Å²) in [5.74, 6) is -1.10. The second-order valence-electron chi connectivity index (χ2n) is 5.43. The molecule has 2 rings (SSSR count). The molecule has 136 valence electrons. The number of carbonyl (C=O) groups is 2. The van der Waals surface area contributed by atoms with Gasteiger partial charge < -0.3 is 5.32 Å². The summed E-state index contributed by atoms with van der Waals surface area (Å²) < 4.78 is 38.5. The van der Waals surface area contributed by atoms with Crippen LogP contribution in [0.4, 0.5) is 13.2 Å². The first-order chi connectivity index (χ1) is 12.3. The van der Waals surface area contributed by atoms with Crippen molar-refractivity contribution in [2.24, 2.45) is 5.10 Å². The van der Waals surface area contributed by atoms with Gasteiger partial charge in [0.05, 0.1) is 18.3 Å². The van der Waals surface area contributed by atoms with Crippen molar-refractivity contribution in [1.29, 1.82) is 0 Å². The zero-order valence-electron chi connectivity index (χ0n) is 13.8. The largest absolute Gasteiger partial charge is 0.417 e. The highest BCUT2D eigenvalue weighted by Gasteiger charge is 2.32. The van der Waals surface area contributed by atoms with Gasteiger partial charge in [-0.25, -0.2) is 5.43 Å². The molecule has 0 saturated heterocycles. The van der Waals surface area contributed by atoms with Gasteiger partial charge in [0.25, 0.3) is 11.8 Å². The van der Waals surface area contributed by atoms with Crippen LogP contribution in [0.25, 0.3) is 0 Å². The minimum Gasteiger partial charge on any atom is -0.343 e. The van der Waals surface area contributed by atoms with E-state index in [0.29, 0.717) is 5.56 Å². The van der Waals surface area contributed by atoms with E-state index in [0.717, 1.165) is 17.8 Å². The number of hydrogen-bond donors (Lipinski definition) is 2. The van der Waals surface area contributed by atoms with Crippen molar-refractivity contribution < 1.29 is 22.8 Å². The Kier molecular flexibility index (Phi) is 6.11. The molecule has 0 bridgehead atoms. The van der Waals surface area contributed by atoms with E-state index in [1.165, 1.54) is 18.2 Å². The smallest absolute Gasteiger partial charge is 0.343 e. The van der Waals surface area contributed by atoms with Crippen LogP contribution in [0.3, 0.4) is 0 Å². The van der Waals surface area contributed by atoms with E-state index < -0.39 is 23.6 Å². The summed E-state index contributed by atoms with van der Waals surface area (Å²) in [4.78, 5) is 23.6. The Balaban J connectivity index is 1.89. The van der Waals surface area contributed by atoms with Crippen molar-refractivity contribution in [1.82, 2.24) is 10.7 Å². The second kappa shape index (κ2) is 8.28. The van der Waals surface area contributed by atoms with Gasteiger partial charge in [0, 0.05) is 11.1 Å². The topological polar surface area (TPSA) is 70.6 Å². The highest BCUT2D eigenvalue weighted by Crippen LogP contribution is 2.30. The number of aryl methyl sites for hydroxylation is 1. The summed E-state index contributed by atoms with van der Waals surface area (Å²) in [6.07, 6.45) is -3.61. The van der Waals surface area contributed by atoms with Gasteiger partial charge in [-0.15, -0.1) is 0 Å². The first kappa shape index (κ1) is 19.2. The van der Waals surface area contributed by atoms with Crippen molar-refractivity contribution >= 4 is 18.0 Å². The van der Waals surface area contributed by atoms with Crippen LogP contribution in [-0.4, -0.2) is 24.6 Å². The van der Waals surface area contributed by atoms with Crippen LogP contribution in [0.15, 0.2) is 53.6 Å². The summed E-state index contributed by atoms with van der Waals surface area (Å²) in [7, 11) is 0. The van der Waals surface area contributed by atoms with Crippen LogP contribution < -0.4 is 10.7 Å². The Hall–Kier alpha value is -3.16. The molecule has 0 atom stereocenters. The van der Waals surface area contributed by atoms with E-state index >= 15 is 0 Å². The fourth-order valence-corrected chi connectivity index (χ4v) is 2.13. The lowest BCUT2D eigenvalue weighted by Gasteiger charge is -2.09. The molecular formula is C18H16F3N3O2. The number of nitrogens with zero attached hydrogens (tertiary/aromatic N) is 1. The van der Waals surface area contributed by atoms with Gasteiger partial charge in [-0.3, -0.25) is 9.59 Å². The van der Waals surface area contributed by atoms with Crippen molar-refractivity contribution in [3.63, 3.8) is 0 Å². The van der Waals surface area contributed by atoms with Crippen molar-refractivity contribution in [3.8, 4) is 0 Å². The maximum absolute atomic E-state index is 12.8. The summed E-state index contributed by atoms with van der Waals surface area (Å²) in [5, 5.41) is 5.91. The normalized spacial score (nSPS) is 11.4. The van der Waals surface area contributed by atoms with Crippen molar-refractivity contribution in [2.75, 3.05) is 6.54 Å². The summed E-state index contributed by atoms with van der Waals surface area (Å²) >= 11 is 0. The van der Waals surface area contributed by atoms with E-state index in [-0.39, 0.29) is 12.1 Å². The fraction of sp³-hybridized carbons (Fsp3) is 0.167. The van der Waals surface area contributed by atoms with E-state index in [1.54, 1.807) is 18.2 Å². The van der Waals surface area contributed by atoms with Crippen molar-refractivity contribution in [2.45, 2.75) is 13.1 Å². The molecule has 26 heavy (non-hydrogen) atoms. The number of benzene rings is 2. The number of halogens is 3. The highest BCUT2D eigenvalue weighted by atomic mass is 19.4. The molecule has 8 heteroatoms. The molecule has 2 aromatic rings. The molecule has 0 radical (unpaired) electrons. The van der Waals surface area contributed by atoms with Gasteiger partial charge in [-0.05, 0) is 25.1 Å². The van der Waals surface area contributed by atoms with Crippen LogP contribution in [0.1, 0.15) is 27.0 Å². The summed E-state index contributed by atoms with van der Waals surface area (Å²) in [5.41, 5.74) is 2.35. The second-order valence-corrected chi connectivity index (χ2v) is 5.43. The Labute approximate surface area is 147 Å². The molecule has 0 unspecified atom stereocenters. The molecule has 0 aliphatic heterocycles. The molecule has 0 spiro atoms. The van der Waals surface area contributed by atoms with Crippen LogP contribution in [0.5, 0.6) is 0 Å². The quantitative estimate of drug-likeness (QED) is 0.633.